The highest BCUT2D eigenvalue weighted by molar-refractivity contribution is 14.0. The third-order valence-corrected chi connectivity index (χ3v) is 2.54. The van der Waals surface area contributed by atoms with Crippen molar-refractivity contribution in [2.75, 3.05) is 66.8 Å². The van der Waals surface area contributed by atoms with Crippen molar-refractivity contribution >= 4 is 35.8 Å². The highest BCUT2D eigenvalue weighted by Gasteiger charge is 2.01. The third-order valence-electron chi connectivity index (χ3n) is 2.54. The molecule has 0 aromatic carbocycles. The minimum atomic E-state index is -0.128. The zero-order chi connectivity index (χ0) is 16.5. The first-order valence-corrected chi connectivity index (χ1v) is 7.59. The monoisotopic (exact) mass is 446 g/mol. The Balaban J connectivity index is 0. The number of guanidine groups is 1. The van der Waals surface area contributed by atoms with Gasteiger partial charge in [0, 0.05) is 40.5 Å². The van der Waals surface area contributed by atoms with Gasteiger partial charge < -0.3 is 30.2 Å². The molecular weight excluding hydrogens is 415 g/mol. The fourth-order valence-corrected chi connectivity index (χ4v) is 1.47. The molecule has 8 nitrogen and oxygen atoms in total. The lowest BCUT2D eigenvalue weighted by molar-refractivity contribution is -0.119. The van der Waals surface area contributed by atoms with Gasteiger partial charge in [-0.3, -0.25) is 4.79 Å². The lowest BCUT2D eigenvalue weighted by Gasteiger charge is -2.11. The van der Waals surface area contributed by atoms with Gasteiger partial charge in [-0.05, 0) is 13.3 Å². The molecule has 3 N–H and O–H groups in total. The van der Waals surface area contributed by atoms with E-state index in [9.17, 15) is 4.79 Å². The number of carbonyl (C=O) groups is 1. The van der Waals surface area contributed by atoms with E-state index in [1.54, 1.807) is 14.2 Å². The maximum absolute atomic E-state index is 11.5. The number of aliphatic imine (C=N–C) groups is 1. The molecule has 0 rings (SSSR count). The number of hydrogen-bond donors (Lipinski definition) is 3. The van der Waals surface area contributed by atoms with Crippen molar-refractivity contribution < 1.29 is 19.0 Å². The Labute approximate surface area is 156 Å². The molecule has 0 bridgehead atoms. The van der Waals surface area contributed by atoms with Crippen LogP contribution >= 0.6 is 24.0 Å². The second-order valence-corrected chi connectivity index (χ2v) is 4.42. The molecule has 23 heavy (non-hydrogen) atoms. The molecule has 0 spiro atoms. The van der Waals surface area contributed by atoms with Crippen LogP contribution in [0.2, 0.25) is 0 Å². The van der Waals surface area contributed by atoms with Crippen molar-refractivity contribution in [3.8, 4) is 0 Å². The second kappa shape index (κ2) is 19.4. The SMILES string of the molecule is CCNC(=NCC(=O)NCCOC)NCCCOCCOC.I. The molecule has 0 aliphatic rings. The van der Waals surface area contributed by atoms with Crippen molar-refractivity contribution in [3.05, 3.63) is 0 Å². The summed E-state index contributed by atoms with van der Waals surface area (Å²) in [6, 6.07) is 0. The molecule has 0 atom stereocenters. The van der Waals surface area contributed by atoms with E-state index >= 15 is 0 Å². The number of carbonyl (C=O) groups excluding carboxylic acids is 1. The molecule has 0 radical (unpaired) electrons. The Hall–Kier alpha value is -0.650. The van der Waals surface area contributed by atoms with Gasteiger partial charge in [0.15, 0.2) is 5.96 Å². The summed E-state index contributed by atoms with van der Waals surface area (Å²) in [4.78, 5) is 15.8. The van der Waals surface area contributed by atoms with Crippen LogP contribution in [0.4, 0.5) is 0 Å². The van der Waals surface area contributed by atoms with Crippen LogP contribution in [-0.4, -0.2) is 78.7 Å². The first-order chi connectivity index (χ1) is 10.7. The van der Waals surface area contributed by atoms with Crippen LogP contribution in [0.1, 0.15) is 13.3 Å². The summed E-state index contributed by atoms with van der Waals surface area (Å²) in [6.45, 7) is 6.39. The van der Waals surface area contributed by atoms with Crippen molar-refractivity contribution in [2.45, 2.75) is 13.3 Å². The van der Waals surface area contributed by atoms with E-state index in [1.165, 1.54) is 0 Å². The smallest absolute Gasteiger partial charge is 0.241 e. The van der Waals surface area contributed by atoms with Gasteiger partial charge >= 0.3 is 0 Å². The fraction of sp³-hybridized carbons (Fsp3) is 0.857. The molecule has 0 aromatic rings. The molecule has 0 heterocycles. The molecule has 0 saturated heterocycles. The first-order valence-electron chi connectivity index (χ1n) is 7.59. The fourth-order valence-electron chi connectivity index (χ4n) is 1.47. The standard InChI is InChI=1S/C14H30N4O4.HI/c1-4-15-14(17-6-5-8-22-11-10-21-3)18-12-13(19)16-7-9-20-2;/h4-12H2,1-3H3,(H,16,19)(H2,15,17,18);1H. The van der Waals surface area contributed by atoms with E-state index in [0.717, 1.165) is 19.5 Å². The van der Waals surface area contributed by atoms with Crippen molar-refractivity contribution in [2.24, 2.45) is 4.99 Å². The number of nitrogens with one attached hydrogen (secondary N) is 3. The maximum Gasteiger partial charge on any atom is 0.241 e. The largest absolute Gasteiger partial charge is 0.383 e. The minimum Gasteiger partial charge on any atom is -0.383 e. The number of ether oxygens (including phenoxy) is 3. The predicted molar refractivity (Wildman–Crippen MR) is 102 cm³/mol. The van der Waals surface area contributed by atoms with Gasteiger partial charge in [-0.2, -0.15) is 0 Å². The summed E-state index contributed by atoms with van der Waals surface area (Å²) in [5, 5.41) is 8.97. The van der Waals surface area contributed by atoms with Crippen LogP contribution < -0.4 is 16.0 Å². The average Bonchev–Trinajstić information content (AvgIpc) is 2.52. The average molecular weight is 446 g/mol. The Bertz CT molecular complexity index is 307. The molecule has 0 fully saturated rings. The van der Waals surface area contributed by atoms with Gasteiger partial charge in [0.1, 0.15) is 6.54 Å². The van der Waals surface area contributed by atoms with E-state index in [0.29, 0.717) is 38.9 Å². The Morgan fingerprint density at radius 2 is 1.70 bits per heavy atom. The van der Waals surface area contributed by atoms with Crippen molar-refractivity contribution in [3.63, 3.8) is 0 Å². The lowest BCUT2D eigenvalue weighted by atomic mass is 10.4. The molecule has 0 aromatic heterocycles. The predicted octanol–water partition coefficient (Wildman–Crippen LogP) is -0.0248. The van der Waals surface area contributed by atoms with E-state index < -0.39 is 0 Å². The van der Waals surface area contributed by atoms with Crippen molar-refractivity contribution in [1.29, 1.82) is 0 Å². The van der Waals surface area contributed by atoms with Gasteiger partial charge in [-0.25, -0.2) is 4.99 Å². The van der Waals surface area contributed by atoms with E-state index in [1.807, 2.05) is 6.92 Å². The molecule has 138 valence electrons. The highest BCUT2D eigenvalue weighted by Crippen LogP contribution is 1.83. The van der Waals surface area contributed by atoms with Crippen LogP contribution in [0.15, 0.2) is 4.99 Å². The minimum absolute atomic E-state index is 0. The molecule has 9 heteroatoms. The van der Waals surface area contributed by atoms with E-state index in [2.05, 4.69) is 20.9 Å². The number of amides is 1. The van der Waals surface area contributed by atoms with Crippen molar-refractivity contribution in [1.82, 2.24) is 16.0 Å². The van der Waals surface area contributed by atoms with Gasteiger partial charge in [-0.1, -0.05) is 0 Å². The van der Waals surface area contributed by atoms with Crippen LogP contribution in [-0.2, 0) is 19.0 Å². The van der Waals surface area contributed by atoms with Gasteiger partial charge in [0.25, 0.3) is 0 Å². The number of nitrogens with zero attached hydrogens (tertiary/aromatic N) is 1. The van der Waals surface area contributed by atoms with Gasteiger partial charge in [0.05, 0.1) is 19.8 Å². The maximum atomic E-state index is 11.5. The van der Waals surface area contributed by atoms with Crippen LogP contribution in [0.5, 0.6) is 0 Å². The first kappa shape index (κ1) is 24.6. The summed E-state index contributed by atoms with van der Waals surface area (Å²) in [5.41, 5.74) is 0. The van der Waals surface area contributed by atoms with Gasteiger partial charge in [0.2, 0.25) is 5.91 Å². The number of halogens is 1. The summed E-state index contributed by atoms with van der Waals surface area (Å²) < 4.78 is 15.1. The van der Waals surface area contributed by atoms with E-state index in [-0.39, 0.29) is 36.4 Å². The zero-order valence-corrected chi connectivity index (χ0v) is 16.7. The quantitative estimate of drug-likeness (QED) is 0.159. The lowest BCUT2D eigenvalue weighted by Crippen LogP contribution is -2.39. The van der Waals surface area contributed by atoms with Crippen LogP contribution in [0, 0.1) is 0 Å². The topological polar surface area (TPSA) is 93.2 Å². The number of methoxy groups -OCH3 is 2. The zero-order valence-electron chi connectivity index (χ0n) is 14.4. The Morgan fingerprint density at radius 3 is 2.35 bits per heavy atom. The summed E-state index contributed by atoms with van der Waals surface area (Å²) in [5.74, 6) is 0.499. The second-order valence-electron chi connectivity index (χ2n) is 4.42. The Morgan fingerprint density at radius 1 is 0.957 bits per heavy atom. The third kappa shape index (κ3) is 17.5. The van der Waals surface area contributed by atoms with Crippen LogP contribution in [0.25, 0.3) is 0 Å². The molecule has 0 unspecified atom stereocenters. The van der Waals surface area contributed by atoms with Gasteiger partial charge in [-0.15, -0.1) is 24.0 Å². The number of hydrogen-bond acceptors (Lipinski definition) is 5. The molecular formula is C14H31IN4O4. The highest BCUT2D eigenvalue weighted by atomic mass is 127. The molecule has 1 amide bonds. The van der Waals surface area contributed by atoms with Crippen LogP contribution in [0.3, 0.4) is 0 Å². The molecule has 0 aliphatic carbocycles. The number of rotatable bonds is 13. The molecule has 0 aliphatic heterocycles. The normalized spacial score (nSPS) is 10.8. The van der Waals surface area contributed by atoms with E-state index in [4.69, 9.17) is 14.2 Å². The summed E-state index contributed by atoms with van der Waals surface area (Å²) in [6.07, 6.45) is 0.855. The summed E-state index contributed by atoms with van der Waals surface area (Å²) in [7, 11) is 3.24. The summed E-state index contributed by atoms with van der Waals surface area (Å²) >= 11 is 0. The Kier molecular flexibility index (Phi) is 20.7. The molecule has 0 saturated carbocycles.